The molecule has 0 spiro atoms. The van der Waals surface area contributed by atoms with Gasteiger partial charge in [0.05, 0.1) is 11.9 Å². The summed E-state index contributed by atoms with van der Waals surface area (Å²) in [6.45, 7) is 0.394. The Bertz CT molecular complexity index is 694. The fourth-order valence-electron chi connectivity index (χ4n) is 1.73. The summed E-state index contributed by atoms with van der Waals surface area (Å²) in [7, 11) is -3.23. The second-order valence-corrected chi connectivity index (χ2v) is 6.30. The molecule has 0 saturated heterocycles. The third-order valence-electron chi connectivity index (χ3n) is 2.73. The number of sulfonamides is 1. The van der Waals surface area contributed by atoms with Gasteiger partial charge in [-0.05, 0) is 23.8 Å². The van der Waals surface area contributed by atoms with Crippen LogP contribution in [-0.4, -0.2) is 43.9 Å². The number of hydrogen-bond donors (Lipinski definition) is 3. The maximum atomic E-state index is 11.9. The molecule has 0 atom stereocenters. The summed E-state index contributed by atoms with van der Waals surface area (Å²) < 4.78 is 24.0. The van der Waals surface area contributed by atoms with Crippen LogP contribution in [0.25, 0.3) is 11.3 Å². The van der Waals surface area contributed by atoms with E-state index >= 15 is 0 Å². The monoisotopic (exact) mass is 308 g/mol. The molecule has 0 saturated carbocycles. The second kappa shape index (κ2) is 6.51. The number of carbonyl (C=O) groups excluding carboxylic acids is 1. The average molecular weight is 308 g/mol. The lowest BCUT2D eigenvalue weighted by Crippen LogP contribution is -2.34. The fraction of sp³-hybridized carbons (Fsp3) is 0.231. The molecule has 8 heteroatoms. The van der Waals surface area contributed by atoms with E-state index in [0.717, 1.165) is 17.5 Å². The van der Waals surface area contributed by atoms with E-state index < -0.39 is 10.0 Å². The van der Waals surface area contributed by atoms with Crippen LogP contribution in [0.2, 0.25) is 0 Å². The Hall–Kier alpha value is -2.19. The summed E-state index contributed by atoms with van der Waals surface area (Å²) in [6.07, 6.45) is 2.73. The molecule has 0 bridgehead atoms. The van der Waals surface area contributed by atoms with E-state index in [9.17, 15) is 13.2 Å². The fourth-order valence-corrected chi connectivity index (χ4v) is 2.21. The van der Waals surface area contributed by atoms with Gasteiger partial charge in [-0.2, -0.15) is 5.10 Å². The Balaban J connectivity index is 1.88. The van der Waals surface area contributed by atoms with Crippen molar-refractivity contribution in [1.29, 1.82) is 0 Å². The van der Waals surface area contributed by atoms with E-state index in [1.807, 2.05) is 18.2 Å². The van der Waals surface area contributed by atoms with Crippen molar-refractivity contribution in [3.05, 3.63) is 42.1 Å². The number of aromatic nitrogens is 2. The first-order valence-corrected chi connectivity index (χ1v) is 8.17. The van der Waals surface area contributed by atoms with Crippen LogP contribution in [0.15, 0.2) is 36.5 Å². The lowest BCUT2D eigenvalue weighted by atomic mass is 10.1. The Morgan fingerprint density at radius 2 is 1.90 bits per heavy atom. The minimum absolute atomic E-state index is 0.163. The number of benzene rings is 1. The summed E-state index contributed by atoms with van der Waals surface area (Å²) in [5.41, 5.74) is 2.32. The van der Waals surface area contributed by atoms with Gasteiger partial charge in [0, 0.05) is 24.8 Å². The quantitative estimate of drug-likeness (QED) is 0.670. The van der Waals surface area contributed by atoms with Gasteiger partial charge in [-0.1, -0.05) is 12.1 Å². The van der Waals surface area contributed by atoms with E-state index in [1.165, 1.54) is 0 Å². The Kier molecular flexibility index (Phi) is 4.71. The number of H-pyrrole nitrogens is 1. The summed E-state index contributed by atoms with van der Waals surface area (Å²) in [4.78, 5) is 11.9. The predicted octanol–water partition coefficient (Wildman–Crippen LogP) is 0.356. The maximum Gasteiger partial charge on any atom is 0.251 e. The molecule has 112 valence electrons. The van der Waals surface area contributed by atoms with Crippen LogP contribution in [0.4, 0.5) is 0 Å². The average Bonchev–Trinajstić information content (AvgIpc) is 2.96. The molecule has 1 aromatic carbocycles. The molecule has 0 radical (unpaired) electrons. The highest BCUT2D eigenvalue weighted by molar-refractivity contribution is 7.88. The SMILES string of the molecule is CS(=O)(=O)NCCNC(=O)c1ccc(-c2ccn[nH]2)cc1. The van der Waals surface area contributed by atoms with Crippen molar-refractivity contribution in [3.8, 4) is 11.3 Å². The van der Waals surface area contributed by atoms with Crippen LogP contribution in [-0.2, 0) is 10.0 Å². The van der Waals surface area contributed by atoms with Crippen molar-refractivity contribution in [1.82, 2.24) is 20.2 Å². The van der Waals surface area contributed by atoms with Crippen LogP contribution in [0.1, 0.15) is 10.4 Å². The summed E-state index contributed by atoms with van der Waals surface area (Å²) in [5.74, 6) is -0.249. The zero-order valence-electron chi connectivity index (χ0n) is 11.5. The van der Waals surface area contributed by atoms with Gasteiger partial charge in [0.1, 0.15) is 0 Å². The topological polar surface area (TPSA) is 104 Å². The van der Waals surface area contributed by atoms with Crippen LogP contribution < -0.4 is 10.0 Å². The van der Waals surface area contributed by atoms with E-state index in [4.69, 9.17) is 0 Å². The number of nitrogens with one attached hydrogen (secondary N) is 3. The first-order chi connectivity index (χ1) is 9.96. The van der Waals surface area contributed by atoms with Crippen molar-refractivity contribution < 1.29 is 13.2 Å². The third-order valence-corrected chi connectivity index (χ3v) is 3.46. The van der Waals surface area contributed by atoms with Crippen LogP contribution in [0.5, 0.6) is 0 Å². The molecule has 0 aliphatic heterocycles. The molecule has 2 aromatic rings. The molecule has 1 heterocycles. The molecule has 0 aliphatic carbocycles. The van der Waals surface area contributed by atoms with Gasteiger partial charge in [-0.3, -0.25) is 9.89 Å². The molecule has 1 aromatic heterocycles. The normalized spacial score (nSPS) is 11.3. The molecule has 0 unspecified atom stereocenters. The lowest BCUT2D eigenvalue weighted by molar-refractivity contribution is 0.0954. The lowest BCUT2D eigenvalue weighted by Gasteiger charge is -2.06. The molecule has 0 aliphatic rings. The molecule has 21 heavy (non-hydrogen) atoms. The molecule has 1 amide bonds. The maximum absolute atomic E-state index is 11.9. The number of nitrogens with zero attached hydrogens (tertiary/aromatic N) is 1. The Morgan fingerprint density at radius 1 is 1.19 bits per heavy atom. The number of amides is 1. The number of rotatable bonds is 6. The third kappa shape index (κ3) is 4.69. The predicted molar refractivity (Wildman–Crippen MR) is 79.2 cm³/mol. The highest BCUT2D eigenvalue weighted by Crippen LogP contribution is 2.16. The molecule has 0 fully saturated rings. The molecular weight excluding hydrogens is 292 g/mol. The Morgan fingerprint density at radius 3 is 2.48 bits per heavy atom. The zero-order valence-corrected chi connectivity index (χ0v) is 12.3. The highest BCUT2D eigenvalue weighted by atomic mass is 32.2. The van der Waals surface area contributed by atoms with Gasteiger partial charge in [-0.25, -0.2) is 13.1 Å². The number of aromatic amines is 1. The van der Waals surface area contributed by atoms with Crippen molar-refractivity contribution in [2.75, 3.05) is 19.3 Å². The number of carbonyl (C=O) groups is 1. The van der Waals surface area contributed by atoms with Crippen molar-refractivity contribution >= 4 is 15.9 Å². The highest BCUT2D eigenvalue weighted by Gasteiger charge is 2.06. The van der Waals surface area contributed by atoms with Gasteiger partial charge in [-0.15, -0.1) is 0 Å². The Labute approximate surface area is 122 Å². The van der Waals surface area contributed by atoms with E-state index in [0.29, 0.717) is 5.56 Å². The minimum Gasteiger partial charge on any atom is -0.351 e. The smallest absolute Gasteiger partial charge is 0.251 e. The molecule has 3 N–H and O–H groups in total. The minimum atomic E-state index is -3.23. The zero-order chi connectivity index (χ0) is 15.3. The second-order valence-electron chi connectivity index (χ2n) is 4.47. The van der Waals surface area contributed by atoms with Gasteiger partial charge in [0.2, 0.25) is 10.0 Å². The number of hydrogen-bond acceptors (Lipinski definition) is 4. The van der Waals surface area contributed by atoms with Gasteiger partial charge in [0.15, 0.2) is 0 Å². The summed E-state index contributed by atoms with van der Waals surface area (Å²) in [5, 5.41) is 9.35. The van der Waals surface area contributed by atoms with Crippen LogP contribution in [0.3, 0.4) is 0 Å². The van der Waals surface area contributed by atoms with Crippen molar-refractivity contribution in [2.24, 2.45) is 0 Å². The first kappa shape index (κ1) is 15.2. The van der Waals surface area contributed by atoms with Gasteiger partial charge >= 0.3 is 0 Å². The van der Waals surface area contributed by atoms with Crippen LogP contribution in [0, 0.1) is 0 Å². The van der Waals surface area contributed by atoms with E-state index in [-0.39, 0.29) is 19.0 Å². The molecule has 7 nitrogen and oxygen atoms in total. The summed E-state index contributed by atoms with van der Waals surface area (Å²) >= 11 is 0. The summed E-state index contributed by atoms with van der Waals surface area (Å²) in [6, 6.07) is 8.88. The van der Waals surface area contributed by atoms with Crippen LogP contribution >= 0.6 is 0 Å². The molecule has 2 rings (SSSR count). The largest absolute Gasteiger partial charge is 0.351 e. The van der Waals surface area contributed by atoms with Crippen molar-refractivity contribution in [2.45, 2.75) is 0 Å². The molecular formula is C13H16N4O3S. The van der Waals surface area contributed by atoms with Gasteiger partial charge in [0.25, 0.3) is 5.91 Å². The van der Waals surface area contributed by atoms with E-state index in [2.05, 4.69) is 20.2 Å². The van der Waals surface area contributed by atoms with Gasteiger partial charge < -0.3 is 5.32 Å². The first-order valence-electron chi connectivity index (χ1n) is 6.28. The van der Waals surface area contributed by atoms with Crippen molar-refractivity contribution in [3.63, 3.8) is 0 Å². The standard InChI is InChI=1S/C13H16N4O3S/c1-21(19,20)16-9-8-14-13(18)11-4-2-10(3-5-11)12-6-7-15-17-12/h2-7,16H,8-9H2,1H3,(H,14,18)(H,15,17). The van der Waals surface area contributed by atoms with E-state index in [1.54, 1.807) is 18.3 Å².